The molecule has 0 N–H and O–H groups in total. The summed E-state index contributed by atoms with van der Waals surface area (Å²) in [6.07, 6.45) is 0. The molecule has 0 aliphatic carbocycles. The molecule has 0 bridgehead atoms. The molecule has 5 rings (SSSR count). The highest BCUT2D eigenvalue weighted by molar-refractivity contribution is 6.30. The van der Waals surface area contributed by atoms with E-state index in [4.69, 9.17) is 11.6 Å². The predicted molar refractivity (Wildman–Crippen MR) is 127 cm³/mol. The van der Waals surface area contributed by atoms with E-state index in [-0.39, 0.29) is 11.8 Å². The fraction of sp³-hybridized carbons (Fsp3) is 0.320. The van der Waals surface area contributed by atoms with Gasteiger partial charge in [-0.1, -0.05) is 29.8 Å². The van der Waals surface area contributed by atoms with E-state index in [1.165, 1.54) is 6.07 Å². The Hall–Kier alpha value is -3.23. The van der Waals surface area contributed by atoms with Crippen LogP contribution in [0.5, 0.6) is 0 Å². The summed E-state index contributed by atoms with van der Waals surface area (Å²) in [5, 5.41) is 0.311. The number of hydrogen-bond acceptors (Lipinski definition) is 4. The monoisotopic (exact) mass is 481 g/mol. The number of piperazine rings is 1. The SMILES string of the molecule is CN1CCn2c(-c3ccc(Cl)cc3F)nc(C(=O)N3CCN(C(=O)c4ccccc4)CC3)c2C1. The maximum absolute atomic E-state index is 14.7. The van der Waals surface area contributed by atoms with E-state index in [1.807, 2.05) is 29.8 Å². The van der Waals surface area contributed by atoms with Gasteiger partial charge in [-0.15, -0.1) is 0 Å². The van der Waals surface area contributed by atoms with Gasteiger partial charge in [-0.3, -0.25) is 14.5 Å². The minimum absolute atomic E-state index is 0.0332. The van der Waals surface area contributed by atoms with Crippen molar-refractivity contribution in [3.05, 3.63) is 76.3 Å². The number of carbonyl (C=O) groups is 2. The van der Waals surface area contributed by atoms with E-state index in [0.29, 0.717) is 66.9 Å². The number of carbonyl (C=O) groups excluding carboxylic acids is 2. The molecule has 0 unspecified atom stereocenters. The lowest BCUT2D eigenvalue weighted by atomic mass is 10.1. The molecule has 3 aromatic rings. The Kier molecular flexibility index (Phi) is 6.10. The number of hydrogen-bond donors (Lipinski definition) is 0. The molecule has 0 radical (unpaired) electrons. The average Bonchev–Trinajstić information content (AvgIpc) is 3.22. The van der Waals surface area contributed by atoms with Gasteiger partial charge in [-0.25, -0.2) is 9.37 Å². The summed E-state index contributed by atoms with van der Waals surface area (Å²) in [6, 6.07) is 13.6. The van der Waals surface area contributed by atoms with Crippen LogP contribution in [0.2, 0.25) is 5.02 Å². The second-order valence-electron chi connectivity index (χ2n) is 8.69. The molecule has 176 valence electrons. The Morgan fingerprint density at radius 2 is 1.59 bits per heavy atom. The minimum Gasteiger partial charge on any atom is -0.335 e. The molecule has 3 heterocycles. The number of imidazole rings is 1. The van der Waals surface area contributed by atoms with Crippen LogP contribution in [0.3, 0.4) is 0 Å². The van der Waals surface area contributed by atoms with Crippen LogP contribution in [0.15, 0.2) is 48.5 Å². The van der Waals surface area contributed by atoms with E-state index < -0.39 is 5.82 Å². The highest BCUT2D eigenvalue weighted by Gasteiger charge is 2.32. The topological polar surface area (TPSA) is 61.7 Å². The molecule has 2 aliphatic rings. The quantitative estimate of drug-likeness (QED) is 0.575. The van der Waals surface area contributed by atoms with Crippen LogP contribution < -0.4 is 0 Å². The third-order valence-electron chi connectivity index (χ3n) is 6.45. The normalized spacial score (nSPS) is 16.4. The molecule has 9 heteroatoms. The number of amides is 2. The molecule has 1 saturated heterocycles. The molecule has 1 fully saturated rings. The van der Waals surface area contributed by atoms with Gasteiger partial charge in [0, 0.05) is 56.4 Å². The lowest BCUT2D eigenvalue weighted by Crippen LogP contribution is -2.51. The van der Waals surface area contributed by atoms with Crippen molar-refractivity contribution < 1.29 is 14.0 Å². The first-order valence-corrected chi connectivity index (χ1v) is 11.7. The van der Waals surface area contributed by atoms with Crippen molar-refractivity contribution in [2.75, 3.05) is 39.8 Å². The first kappa shape index (κ1) is 22.6. The maximum Gasteiger partial charge on any atom is 0.274 e. The number of rotatable bonds is 3. The fourth-order valence-electron chi connectivity index (χ4n) is 4.57. The van der Waals surface area contributed by atoms with Crippen LogP contribution in [0.25, 0.3) is 11.4 Å². The Bertz CT molecular complexity index is 1240. The number of aromatic nitrogens is 2. The zero-order valence-electron chi connectivity index (χ0n) is 18.9. The summed E-state index contributed by atoms with van der Waals surface area (Å²) in [4.78, 5) is 36.5. The van der Waals surface area contributed by atoms with Crippen LogP contribution >= 0.6 is 11.6 Å². The van der Waals surface area contributed by atoms with E-state index in [9.17, 15) is 14.0 Å². The predicted octanol–water partition coefficient (Wildman–Crippen LogP) is 3.39. The van der Waals surface area contributed by atoms with E-state index in [1.54, 1.807) is 34.1 Å². The summed E-state index contributed by atoms with van der Waals surface area (Å²) in [7, 11) is 1.99. The lowest BCUT2D eigenvalue weighted by Gasteiger charge is -2.35. The van der Waals surface area contributed by atoms with Gasteiger partial charge in [-0.2, -0.15) is 0 Å². The molecule has 7 nitrogen and oxygen atoms in total. The Morgan fingerprint density at radius 3 is 2.26 bits per heavy atom. The molecular weight excluding hydrogens is 457 g/mol. The van der Waals surface area contributed by atoms with Crippen molar-refractivity contribution in [1.29, 1.82) is 0 Å². The third kappa shape index (κ3) is 4.19. The number of fused-ring (bicyclic) bond motifs is 1. The highest BCUT2D eigenvalue weighted by Crippen LogP contribution is 2.30. The zero-order chi connectivity index (χ0) is 23.8. The average molecular weight is 482 g/mol. The van der Waals surface area contributed by atoms with Crippen molar-refractivity contribution in [2.24, 2.45) is 0 Å². The van der Waals surface area contributed by atoms with Crippen molar-refractivity contribution in [3.63, 3.8) is 0 Å². The summed E-state index contributed by atoms with van der Waals surface area (Å²) >= 11 is 5.93. The van der Waals surface area contributed by atoms with Gasteiger partial charge < -0.3 is 14.4 Å². The Balaban J connectivity index is 1.39. The van der Waals surface area contributed by atoms with Crippen molar-refractivity contribution in [2.45, 2.75) is 13.1 Å². The van der Waals surface area contributed by atoms with Crippen molar-refractivity contribution in [3.8, 4) is 11.4 Å². The van der Waals surface area contributed by atoms with E-state index in [2.05, 4.69) is 9.88 Å². The molecule has 0 saturated carbocycles. The van der Waals surface area contributed by atoms with Crippen LogP contribution in [-0.2, 0) is 13.1 Å². The van der Waals surface area contributed by atoms with Gasteiger partial charge in [-0.05, 0) is 37.4 Å². The molecule has 34 heavy (non-hydrogen) atoms. The maximum atomic E-state index is 14.7. The number of nitrogens with zero attached hydrogens (tertiary/aromatic N) is 5. The number of halogens is 2. The molecule has 2 aromatic carbocycles. The van der Waals surface area contributed by atoms with Crippen molar-refractivity contribution >= 4 is 23.4 Å². The molecule has 2 aliphatic heterocycles. The first-order chi connectivity index (χ1) is 16.4. The lowest BCUT2D eigenvalue weighted by molar-refractivity contribution is 0.0531. The van der Waals surface area contributed by atoms with E-state index >= 15 is 0 Å². The van der Waals surface area contributed by atoms with Crippen molar-refractivity contribution in [1.82, 2.24) is 24.3 Å². The van der Waals surface area contributed by atoms with Crippen LogP contribution in [0, 0.1) is 5.82 Å². The van der Waals surface area contributed by atoms with Gasteiger partial charge in [0.05, 0.1) is 11.3 Å². The van der Waals surface area contributed by atoms with Crippen LogP contribution in [0.1, 0.15) is 26.5 Å². The standard InChI is InChI=1S/C25H25ClFN5O2/c1-29-9-14-32-21(16-29)22(28-23(32)19-8-7-18(26)15-20(19)27)25(34)31-12-10-30(11-13-31)24(33)17-5-3-2-4-6-17/h2-8,15H,9-14,16H2,1H3. The summed E-state index contributed by atoms with van der Waals surface area (Å²) in [5.74, 6) is -0.245. The third-order valence-corrected chi connectivity index (χ3v) is 6.68. The summed E-state index contributed by atoms with van der Waals surface area (Å²) < 4.78 is 16.7. The molecule has 0 atom stereocenters. The Labute approximate surface area is 202 Å². The van der Waals surface area contributed by atoms with Crippen LogP contribution in [-0.4, -0.2) is 75.8 Å². The summed E-state index contributed by atoms with van der Waals surface area (Å²) in [5.41, 5.74) is 2.10. The van der Waals surface area contributed by atoms with Gasteiger partial charge in [0.15, 0.2) is 5.69 Å². The zero-order valence-corrected chi connectivity index (χ0v) is 19.6. The largest absolute Gasteiger partial charge is 0.335 e. The second kappa shape index (κ2) is 9.19. The molecule has 1 aromatic heterocycles. The molecular formula is C25H25ClFN5O2. The second-order valence-corrected chi connectivity index (χ2v) is 9.13. The van der Waals surface area contributed by atoms with Gasteiger partial charge >= 0.3 is 0 Å². The van der Waals surface area contributed by atoms with Crippen LogP contribution in [0.4, 0.5) is 4.39 Å². The van der Waals surface area contributed by atoms with Gasteiger partial charge in [0.1, 0.15) is 11.6 Å². The molecule has 0 spiro atoms. The number of likely N-dealkylation sites (N-methyl/N-ethyl adjacent to an activating group) is 1. The first-order valence-electron chi connectivity index (χ1n) is 11.3. The van der Waals surface area contributed by atoms with Gasteiger partial charge in [0.25, 0.3) is 11.8 Å². The molecule has 2 amide bonds. The van der Waals surface area contributed by atoms with E-state index in [0.717, 1.165) is 12.2 Å². The summed E-state index contributed by atoms with van der Waals surface area (Å²) in [6.45, 7) is 3.69. The number of benzene rings is 2. The smallest absolute Gasteiger partial charge is 0.274 e. The highest BCUT2D eigenvalue weighted by atomic mass is 35.5. The fourth-order valence-corrected chi connectivity index (χ4v) is 4.73. The van der Waals surface area contributed by atoms with Gasteiger partial charge in [0.2, 0.25) is 0 Å². The minimum atomic E-state index is -0.466. The Morgan fingerprint density at radius 1 is 0.912 bits per heavy atom.